The Labute approximate surface area is 172 Å². The number of nitrogens with zero attached hydrogens (tertiary/aromatic N) is 4. The first kappa shape index (κ1) is 19.1. The maximum absolute atomic E-state index is 12.6. The van der Waals surface area contributed by atoms with Gasteiger partial charge in [-0.3, -0.25) is 14.6 Å². The van der Waals surface area contributed by atoms with Gasteiger partial charge in [0.15, 0.2) is 0 Å². The summed E-state index contributed by atoms with van der Waals surface area (Å²) in [5.41, 5.74) is 1.82. The van der Waals surface area contributed by atoms with E-state index in [1.807, 2.05) is 23.6 Å². The van der Waals surface area contributed by atoms with E-state index in [1.54, 1.807) is 34.2 Å². The van der Waals surface area contributed by atoms with Crippen molar-refractivity contribution < 1.29 is 14.7 Å². The number of pyridine rings is 1. The lowest BCUT2D eigenvalue weighted by atomic mass is 10.1. The second-order valence-electron chi connectivity index (χ2n) is 6.73. The molecule has 4 rings (SSSR count). The minimum atomic E-state index is -0.213. The van der Waals surface area contributed by atoms with E-state index in [0.29, 0.717) is 26.2 Å². The van der Waals surface area contributed by atoms with Gasteiger partial charge in [0.05, 0.1) is 23.4 Å². The highest BCUT2D eigenvalue weighted by molar-refractivity contribution is 7.13. The maximum atomic E-state index is 12.6. The molecule has 0 atom stereocenters. The fourth-order valence-electron chi connectivity index (χ4n) is 3.25. The van der Waals surface area contributed by atoms with Crippen LogP contribution in [0.5, 0.6) is 5.75 Å². The summed E-state index contributed by atoms with van der Waals surface area (Å²) in [7, 11) is 0. The Balaban J connectivity index is 1.33. The fraction of sp³-hybridized carbons (Fsp3) is 0.238. The number of rotatable bonds is 4. The van der Waals surface area contributed by atoms with Crippen LogP contribution in [-0.2, 0) is 11.2 Å². The number of hydrogen-bond acceptors (Lipinski definition) is 6. The molecule has 0 saturated carbocycles. The molecule has 3 aromatic rings. The Morgan fingerprint density at radius 2 is 1.72 bits per heavy atom. The van der Waals surface area contributed by atoms with Gasteiger partial charge in [-0.1, -0.05) is 18.2 Å². The van der Waals surface area contributed by atoms with Gasteiger partial charge >= 0.3 is 0 Å². The van der Waals surface area contributed by atoms with E-state index in [-0.39, 0.29) is 29.5 Å². The van der Waals surface area contributed by atoms with Gasteiger partial charge in [0.1, 0.15) is 10.8 Å². The molecule has 148 valence electrons. The molecule has 8 heteroatoms. The van der Waals surface area contributed by atoms with Crippen molar-refractivity contribution in [3.8, 4) is 16.5 Å². The lowest BCUT2D eigenvalue weighted by Gasteiger charge is -2.34. The molecule has 1 N–H and O–H groups in total. The third kappa shape index (κ3) is 4.27. The SMILES string of the molecule is O=C(Cc1csc(-c2ccccn2)n1)N1CCN(C(=O)c2ccccc2O)CC1. The highest BCUT2D eigenvalue weighted by atomic mass is 32.1. The Morgan fingerprint density at radius 1 is 1.00 bits per heavy atom. The summed E-state index contributed by atoms with van der Waals surface area (Å²) in [6.07, 6.45) is 1.95. The number of aromatic hydroxyl groups is 1. The molecule has 2 amide bonds. The number of para-hydroxylation sites is 1. The van der Waals surface area contributed by atoms with E-state index in [9.17, 15) is 14.7 Å². The lowest BCUT2D eigenvalue weighted by molar-refractivity contribution is -0.132. The summed E-state index contributed by atoms with van der Waals surface area (Å²) < 4.78 is 0. The number of hydrogen-bond donors (Lipinski definition) is 1. The van der Waals surface area contributed by atoms with Crippen molar-refractivity contribution in [3.63, 3.8) is 0 Å². The summed E-state index contributed by atoms with van der Waals surface area (Å²) in [6.45, 7) is 1.81. The topological polar surface area (TPSA) is 86.6 Å². The third-order valence-corrected chi connectivity index (χ3v) is 5.74. The largest absolute Gasteiger partial charge is 0.507 e. The van der Waals surface area contributed by atoms with Gasteiger partial charge in [-0.2, -0.15) is 0 Å². The van der Waals surface area contributed by atoms with Crippen molar-refractivity contribution in [2.75, 3.05) is 26.2 Å². The predicted octanol–water partition coefficient (Wildman–Crippen LogP) is 2.44. The summed E-state index contributed by atoms with van der Waals surface area (Å²) in [5, 5.41) is 12.6. The fourth-order valence-corrected chi connectivity index (χ4v) is 4.04. The van der Waals surface area contributed by atoms with Crippen molar-refractivity contribution in [1.82, 2.24) is 19.8 Å². The van der Waals surface area contributed by atoms with Crippen LogP contribution in [0.2, 0.25) is 0 Å². The second-order valence-corrected chi connectivity index (χ2v) is 7.58. The molecule has 2 aromatic heterocycles. The van der Waals surface area contributed by atoms with Gasteiger partial charge in [0.2, 0.25) is 5.91 Å². The van der Waals surface area contributed by atoms with Crippen molar-refractivity contribution in [2.24, 2.45) is 0 Å². The van der Waals surface area contributed by atoms with Gasteiger partial charge in [-0.05, 0) is 24.3 Å². The summed E-state index contributed by atoms with van der Waals surface area (Å²) >= 11 is 1.47. The average molecular weight is 408 g/mol. The van der Waals surface area contributed by atoms with E-state index < -0.39 is 0 Å². The Morgan fingerprint density at radius 3 is 2.45 bits per heavy atom. The smallest absolute Gasteiger partial charge is 0.257 e. The molecular weight excluding hydrogens is 388 g/mol. The molecule has 1 aromatic carbocycles. The van der Waals surface area contributed by atoms with Crippen LogP contribution in [0.1, 0.15) is 16.1 Å². The molecule has 0 aliphatic carbocycles. The zero-order valence-electron chi connectivity index (χ0n) is 15.7. The van der Waals surface area contributed by atoms with E-state index in [0.717, 1.165) is 16.4 Å². The first-order valence-electron chi connectivity index (χ1n) is 9.32. The van der Waals surface area contributed by atoms with Gasteiger partial charge in [0.25, 0.3) is 5.91 Å². The number of aromatic nitrogens is 2. The minimum Gasteiger partial charge on any atom is -0.507 e. The normalized spacial score (nSPS) is 14.1. The number of carbonyl (C=O) groups excluding carboxylic acids is 2. The molecule has 1 saturated heterocycles. The predicted molar refractivity (Wildman–Crippen MR) is 110 cm³/mol. The van der Waals surface area contributed by atoms with Crippen LogP contribution < -0.4 is 0 Å². The molecule has 1 aliphatic rings. The summed E-state index contributed by atoms with van der Waals surface area (Å²) in [4.78, 5) is 37.5. The second kappa shape index (κ2) is 8.40. The van der Waals surface area contributed by atoms with E-state index in [1.165, 1.54) is 17.4 Å². The zero-order valence-corrected chi connectivity index (χ0v) is 16.5. The molecule has 0 bridgehead atoms. The number of amides is 2. The molecule has 0 radical (unpaired) electrons. The van der Waals surface area contributed by atoms with Crippen LogP contribution in [0.4, 0.5) is 0 Å². The Hall–Kier alpha value is -3.26. The van der Waals surface area contributed by atoms with Crippen molar-refractivity contribution >= 4 is 23.2 Å². The number of carbonyl (C=O) groups is 2. The van der Waals surface area contributed by atoms with Crippen LogP contribution in [0, 0.1) is 0 Å². The summed E-state index contributed by atoms with van der Waals surface area (Å²) in [6, 6.07) is 12.2. The minimum absolute atomic E-state index is 0.00229. The number of phenolic OH excluding ortho intramolecular Hbond substituents is 1. The molecule has 0 unspecified atom stereocenters. The first-order valence-corrected chi connectivity index (χ1v) is 10.2. The number of piperazine rings is 1. The van der Waals surface area contributed by atoms with Gasteiger partial charge in [-0.15, -0.1) is 11.3 Å². The standard InChI is InChI=1S/C21H20N4O3S/c26-18-7-2-1-5-16(18)21(28)25-11-9-24(10-12-25)19(27)13-15-14-29-20(23-15)17-6-3-4-8-22-17/h1-8,14,26H,9-13H2. The van der Waals surface area contributed by atoms with E-state index in [4.69, 9.17) is 0 Å². The highest BCUT2D eigenvalue weighted by Gasteiger charge is 2.26. The summed E-state index contributed by atoms with van der Waals surface area (Å²) in [5.74, 6) is -0.240. The van der Waals surface area contributed by atoms with Crippen LogP contribution in [-0.4, -0.2) is 62.9 Å². The number of thiazole rings is 1. The van der Waals surface area contributed by atoms with Crippen LogP contribution in [0.3, 0.4) is 0 Å². The third-order valence-electron chi connectivity index (χ3n) is 4.82. The number of benzene rings is 1. The quantitative estimate of drug-likeness (QED) is 0.717. The van der Waals surface area contributed by atoms with E-state index in [2.05, 4.69) is 9.97 Å². The average Bonchev–Trinajstić information content (AvgIpc) is 3.23. The zero-order chi connectivity index (χ0) is 20.2. The monoisotopic (exact) mass is 408 g/mol. The van der Waals surface area contributed by atoms with Gasteiger partial charge < -0.3 is 14.9 Å². The van der Waals surface area contributed by atoms with Crippen LogP contribution in [0.15, 0.2) is 54.0 Å². The van der Waals surface area contributed by atoms with Crippen molar-refractivity contribution in [2.45, 2.75) is 6.42 Å². The molecule has 3 heterocycles. The van der Waals surface area contributed by atoms with Crippen LogP contribution in [0.25, 0.3) is 10.7 Å². The van der Waals surface area contributed by atoms with Gasteiger partial charge in [-0.25, -0.2) is 4.98 Å². The maximum Gasteiger partial charge on any atom is 0.257 e. The van der Waals surface area contributed by atoms with Crippen molar-refractivity contribution in [3.05, 3.63) is 65.3 Å². The highest BCUT2D eigenvalue weighted by Crippen LogP contribution is 2.22. The molecule has 1 aliphatic heterocycles. The van der Waals surface area contributed by atoms with Crippen molar-refractivity contribution in [1.29, 1.82) is 0 Å². The first-order chi connectivity index (χ1) is 14.1. The van der Waals surface area contributed by atoms with Crippen LogP contribution >= 0.6 is 11.3 Å². The Kier molecular flexibility index (Phi) is 5.53. The Bertz CT molecular complexity index is 1010. The molecule has 29 heavy (non-hydrogen) atoms. The number of phenols is 1. The molecule has 0 spiro atoms. The van der Waals surface area contributed by atoms with E-state index >= 15 is 0 Å². The molecular formula is C21H20N4O3S. The molecule has 7 nitrogen and oxygen atoms in total. The van der Waals surface area contributed by atoms with Gasteiger partial charge in [0, 0.05) is 37.8 Å². The molecule has 1 fully saturated rings. The lowest BCUT2D eigenvalue weighted by Crippen LogP contribution is -2.51.